The van der Waals surface area contributed by atoms with E-state index in [1.54, 1.807) is 42.5 Å². The average molecular weight is 370 g/mol. The summed E-state index contributed by atoms with van der Waals surface area (Å²) in [4.78, 5) is 30.0. The number of amides is 2. The lowest BCUT2D eigenvalue weighted by atomic mass is 10.2. The molecule has 1 N–H and O–H groups in total. The molecule has 0 aromatic heterocycles. The third-order valence-electron chi connectivity index (χ3n) is 3.66. The Balaban J connectivity index is 1.62. The normalized spacial score (nSPS) is 16.2. The van der Waals surface area contributed by atoms with E-state index >= 15 is 0 Å². The molecule has 1 fully saturated rings. The highest BCUT2D eigenvalue weighted by Gasteiger charge is 2.34. The van der Waals surface area contributed by atoms with E-state index in [4.69, 9.17) is 0 Å². The van der Waals surface area contributed by atoms with Crippen LogP contribution >= 0.6 is 11.8 Å². The van der Waals surface area contributed by atoms with E-state index < -0.39 is 0 Å². The molecule has 7 heteroatoms. The molecule has 0 bridgehead atoms. The number of thioether (sulfide) groups is 1. The number of hydrogen-bond acceptors (Lipinski definition) is 5. The number of para-hydroxylation sites is 1. The predicted octanol–water partition coefficient (Wildman–Crippen LogP) is 3.69. The van der Waals surface area contributed by atoms with Gasteiger partial charge in [-0.2, -0.15) is 0 Å². The number of aliphatic imine (C=N–C) groups is 1. The molecule has 0 radical (unpaired) electrons. The summed E-state index contributed by atoms with van der Waals surface area (Å²) in [6.45, 7) is 0.381. The van der Waals surface area contributed by atoms with Gasteiger partial charge in [0.05, 0.1) is 11.4 Å². The summed E-state index contributed by atoms with van der Waals surface area (Å²) in [7, 11) is 0. The van der Waals surface area contributed by atoms with Crippen LogP contribution in [0.15, 0.2) is 58.4 Å². The fourth-order valence-corrected chi connectivity index (χ4v) is 3.19. The van der Waals surface area contributed by atoms with Gasteiger partial charge in [0.25, 0.3) is 11.1 Å². The van der Waals surface area contributed by atoms with Crippen molar-refractivity contribution in [2.75, 3.05) is 13.1 Å². The number of carbonyl (C=O) groups is 2. The highest BCUT2D eigenvalue weighted by Crippen LogP contribution is 2.31. The third-order valence-corrected chi connectivity index (χ3v) is 4.57. The predicted molar refractivity (Wildman–Crippen MR) is 99.6 cm³/mol. The van der Waals surface area contributed by atoms with Crippen LogP contribution in [0.4, 0.5) is 9.18 Å². The average Bonchev–Trinajstić information content (AvgIpc) is 2.89. The largest absolute Gasteiger partial charge is 0.507 e. The minimum atomic E-state index is -0.387. The van der Waals surface area contributed by atoms with E-state index in [2.05, 4.69) is 4.99 Å². The Hall–Kier alpha value is -2.93. The molecule has 2 aromatic rings. The molecule has 0 spiro atoms. The highest BCUT2D eigenvalue weighted by molar-refractivity contribution is 8.18. The molecule has 1 aliphatic rings. The van der Waals surface area contributed by atoms with Gasteiger partial charge in [-0.1, -0.05) is 24.3 Å². The monoisotopic (exact) mass is 370 g/mol. The van der Waals surface area contributed by atoms with Gasteiger partial charge in [-0.3, -0.25) is 19.5 Å². The second-order valence-corrected chi connectivity index (χ2v) is 6.47. The molecule has 0 atom stereocenters. The fourth-order valence-electron chi connectivity index (χ4n) is 2.32. The van der Waals surface area contributed by atoms with Crippen LogP contribution in [0.1, 0.15) is 11.1 Å². The van der Waals surface area contributed by atoms with Crippen molar-refractivity contribution < 1.29 is 19.1 Å². The number of carbonyl (C=O) groups excluding carboxylic acids is 2. The molecule has 2 amide bonds. The van der Waals surface area contributed by atoms with Crippen LogP contribution in [0, 0.1) is 5.82 Å². The van der Waals surface area contributed by atoms with Crippen molar-refractivity contribution in [1.29, 1.82) is 0 Å². The Morgan fingerprint density at radius 2 is 1.85 bits per heavy atom. The van der Waals surface area contributed by atoms with Crippen molar-refractivity contribution >= 4 is 35.2 Å². The fraction of sp³-hybridized carbons (Fsp3) is 0.105. The molecule has 0 unspecified atom stereocenters. The summed E-state index contributed by atoms with van der Waals surface area (Å²) in [5.41, 5.74) is 1.22. The lowest BCUT2D eigenvalue weighted by molar-refractivity contribution is -0.122. The van der Waals surface area contributed by atoms with E-state index in [1.165, 1.54) is 18.3 Å². The second-order valence-electron chi connectivity index (χ2n) is 5.48. The van der Waals surface area contributed by atoms with Crippen molar-refractivity contribution in [2.24, 2.45) is 4.99 Å². The summed E-state index contributed by atoms with van der Waals surface area (Å²) in [5, 5.41) is 9.29. The summed E-state index contributed by atoms with van der Waals surface area (Å²) in [5.74, 6) is -0.635. The topological polar surface area (TPSA) is 70.0 Å². The van der Waals surface area contributed by atoms with Crippen molar-refractivity contribution in [1.82, 2.24) is 4.90 Å². The Labute approximate surface area is 153 Å². The minimum Gasteiger partial charge on any atom is -0.507 e. The number of halogens is 1. The number of imide groups is 1. The van der Waals surface area contributed by atoms with E-state index in [0.29, 0.717) is 16.0 Å². The van der Waals surface area contributed by atoms with Crippen molar-refractivity contribution in [3.63, 3.8) is 0 Å². The van der Waals surface area contributed by atoms with Gasteiger partial charge in [0.15, 0.2) is 0 Å². The van der Waals surface area contributed by atoms with Crippen LogP contribution in [0.25, 0.3) is 6.08 Å². The van der Waals surface area contributed by atoms with Crippen molar-refractivity contribution in [2.45, 2.75) is 0 Å². The molecule has 0 aliphatic carbocycles. The molecule has 1 aliphatic heterocycles. The SMILES string of the molecule is O=C1S/C(=C\c2ccc(F)cc2)C(=O)N1CCN=Cc1ccccc1O. The Kier molecular flexibility index (Phi) is 5.48. The number of nitrogens with zero attached hydrogens (tertiary/aromatic N) is 2. The first kappa shape index (κ1) is 17.9. The van der Waals surface area contributed by atoms with Gasteiger partial charge in [-0.15, -0.1) is 0 Å². The lowest BCUT2D eigenvalue weighted by Crippen LogP contribution is -2.30. The number of phenolic OH excluding ortho intramolecular Hbond substituents is 1. The summed E-state index contributed by atoms with van der Waals surface area (Å²) >= 11 is 0.851. The van der Waals surface area contributed by atoms with Gasteiger partial charge in [-0.25, -0.2) is 4.39 Å². The van der Waals surface area contributed by atoms with Gasteiger partial charge in [-0.05, 0) is 47.7 Å². The van der Waals surface area contributed by atoms with Gasteiger partial charge in [0, 0.05) is 18.3 Å². The molecule has 1 saturated heterocycles. The maximum Gasteiger partial charge on any atom is 0.293 e. The molecule has 1 heterocycles. The molecule has 132 valence electrons. The van der Waals surface area contributed by atoms with E-state index in [-0.39, 0.29) is 35.8 Å². The summed E-state index contributed by atoms with van der Waals surface area (Å²) in [6.07, 6.45) is 3.07. The first-order chi connectivity index (χ1) is 12.5. The Morgan fingerprint density at radius 3 is 2.58 bits per heavy atom. The van der Waals surface area contributed by atoms with Gasteiger partial charge in [0.2, 0.25) is 0 Å². The zero-order valence-electron chi connectivity index (χ0n) is 13.6. The van der Waals surface area contributed by atoms with Gasteiger partial charge >= 0.3 is 0 Å². The van der Waals surface area contributed by atoms with E-state index in [9.17, 15) is 19.1 Å². The lowest BCUT2D eigenvalue weighted by Gasteiger charge is -2.10. The zero-order valence-corrected chi connectivity index (χ0v) is 14.4. The van der Waals surface area contributed by atoms with Gasteiger partial charge in [0.1, 0.15) is 11.6 Å². The molecular weight excluding hydrogens is 355 g/mol. The summed E-state index contributed by atoms with van der Waals surface area (Å²) in [6, 6.07) is 12.4. The molecule has 26 heavy (non-hydrogen) atoms. The maximum atomic E-state index is 12.9. The van der Waals surface area contributed by atoms with Gasteiger partial charge < -0.3 is 5.11 Å². The minimum absolute atomic E-state index is 0.115. The molecule has 0 saturated carbocycles. The molecule has 5 nitrogen and oxygen atoms in total. The Morgan fingerprint density at radius 1 is 1.12 bits per heavy atom. The maximum absolute atomic E-state index is 12.9. The van der Waals surface area contributed by atoms with Crippen molar-refractivity contribution in [3.05, 3.63) is 70.4 Å². The smallest absolute Gasteiger partial charge is 0.293 e. The number of aromatic hydroxyl groups is 1. The first-order valence-electron chi connectivity index (χ1n) is 7.83. The van der Waals surface area contributed by atoms with Crippen LogP contribution in [-0.2, 0) is 4.79 Å². The van der Waals surface area contributed by atoms with Crippen LogP contribution in [0.2, 0.25) is 0 Å². The second kappa shape index (κ2) is 7.97. The third kappa shape index (κ3) is 4.18. The number of rotatable bonds is 5. The summed E-state index contributed by atoms with van der Waals surface area (Å²) < 4.78 is 12.9. The first-order valence-corrected chi connectivity index (χ1v) is 8.65. The van der Waals surface area contributed by atoms with Crippen molar-refractivity contribution in [3.8, 4) is 5.75 Å². The number of hydrogen-bond donors (Lipinski definition) is 1. The number of phenols is 1. The molecule has 3 rings (SSSR count). The quantitative estimate of drug-likeness (QED) is 0.644. The molecular formula is C19H15FN2O3S. The Bertz CT molecular complexity index is 894. The molecule has 2 aromatic carbocycles. The van der Waals surface area contributed by atoms with E-state index in [0.717, 1.165) is 16.7 Å². The van der Waals surface area contributed by atoms with Crippen LogP contribution in [0.5, 0.6) is 5.75 Å². The van der Waals surface area contributed by atoms with Crippen LogP contribution in [-0.4, -0.2) is 40.5 Å². The van der Waals surface area contributed by atoms with Crippen LogP contribution < -0.4 is 0 Å². The van der Waals surface area contributed by atoms with E-state index in [1.807, 2.05) is 0 Å². The highest BCUT2D eigenvalue weighted by atomic mass is 32.2. The zero-order chi connectivity index (χ0) is 18.5. The standard InChI is InChI=1S/C19H15FN2O3S/c20-15-7-5-13(6-8-15)11-17-18(24)22(19(25)26-17)10-9-21-12-14-3-1-2-4-16(14)23/h1-8,11-12,23H,9-10H2/b17-11-,21-12?. The van der Waals surface area contributed by atoms with Crippen LogP contribution in [0.3, 0.4) is 0 Å². The number of benzene rings is 2.